The summed E-state index contributed by atoms with van der Waals surface area (Å²) in [5.41, 5.74) is 3.06. The Kier molecular flexibility index (Phi) is 2.10. The molecule has 0 radical (unpaired) electrons. The number of fused-ring (bicyclic) bond motifs is 5. The molecule has 0 saturated carbocycles. The average molecular weight is 314 g/mol. The van der Waals surface area contributed by atoms with E-state index in [0.29, 0.717) is 16.7 Å². The van der Waals surface area contributed by atoms with Crippen molar-refractivity contribution in [1.29, 1.82) is 0 Å². The van der Waals surface area contributed by atoms with Crippen LogP contribution in [0.5, 0.6) is 0 Å². The van der Waals surface area contributed by atoms with Crippen LogP contribution >= 0.6 is 31.9 Å². The van der Waals surface area contributed by atoms with Crippen LogP contribution in [0.3, 0.4) is 0 Å². The Labute approximate surface area is 101 Å². The quantitative estimate of drug-likeness (QED) is 0.626. The third kappa shape index (κ3) is 1.17. The Morgan fingerprint density at radius 3 is 2.64 bits per heavy atom. The van der Waals surface area contributed by atoms with Gasteiger partial charge in [-0.05, 0) is 17.5 Å². The first-order valence-electron chi connectivity index (χ1n) is 4.87. The summed E-state index contributed by atoms with van der Waals surface area (Å²) in [6.45, 7) is 0. The van der Waals surface area contributed by atoms with Crippen LogP contribution in [0.4, 0.5) is 0 Å². The monoisotopic (exact) mass is 312 g/mol. The first kappa shape index (κ1) is 9.17. The molecule has 0 aromatic heterocycles. The van der Waals surface area contributed by atoms with Crippen LogP contribution < -0.4 is 0 Å². The molecular weight excluding hydrogens is 304 g/mol. The van der Waals surface area contributed by atoms with Gasteiger partial charge in [0.15, 0.2) is 0 Å². The minimum Gasteiger partial charge on any atom is -0.0826 e. The molecule has 2 heteroatoms. The molecule has 3 rings (SSSR count). The van der Waals surface area contributed by atoms with Gasteiger partial charge >= 0.3 is 0 Å². The van der Waals surface area contributed by atoms with E-state index >= 15 is 0 Å². The van der Waals surface area contributed by atoms with Crippen LogP contribution in [-0.2, 0) is 0 Å². The van der Waals surface area contributed by atoms with Crippen molar-refractivity contribution in [2.45, 2.75) is 23.1 Å². The summed E-state index contributed by atoms with van der Waals surface area (Å²) in [5.74, 6) is 1.30. The maximum absolute atomic E-state index is 3.76. The summed E-state index contributed by atoms with van der Waals surface area (Å²) < 4.78 is 1.31. The molecule has 0 heterocycles. The van der Waals surface area contributed by atoms with E-state index in [0.717, 1.165) is 0 Å². The van der Waals surface area contributed by atoms with Crippen molar-refractivity contribution in [3.63, 3.8) is 0 Å². The molecule has 0 N–H and O–H groups in total. The molecule has 0 aliphatic heterocycles. The van der Waals surface area contributed by atoms with Gasteiger partial charge in [0.05, 0.1) is 4.83 Å². The maximum atomic E-state index is 3.76. The van der Waals surface area contributed by atoms with Gasteiger partial charge in [-0.2, -0.15) is 0 Å². The van der Waals surface area contributed by atoms with Gasteiger partial charge in [0.25, 0.3) is 0 Å². The van der Waals surface area contributed by atoms with Crippen molar-refractivity contribution in [3.8, 4) is 0 Å². The predicted octanol–water partition coefficient (Wildman–Crippen LogP) is 4.31. The van der Waals surface area contributed by atoms with Crippen LogP contribution in [0.25, 0.3) is 0 Å². The molecule has 14 heavy (non-hydrogen) atoms. The van der Waals surface area contributed by atoms with E-state index in [9.17, 15) is 0 Å². The summed E-state index contributed by atoms with van der Waals surface area (Å²) >= 11 is 7.41. The Morgan fingerprint density at radius 2 is 1.86 bits per heavy atom. The van der Waals surface area contributed by atoms with Crippen molar-refractivity contribution in [1.82, 2.24) is 0 Å². The Bertz CT molecular complexity index is 409. The number of alkyl halides is 1. The zero-order valence-corrected chi connectivity index (χ0v) is 10.8. The summed E-state index contributed by atoms with van der Waals surface area (Å²) in [5, 5.41) is 0. The Morgan fingerprint density at radius 1 is 1.14 bits per heavy atom. The van der Waals surface area contributed by atoms with Crippen molar-refractivity contribution >= 4 is 31.9 Å². The molecule has 0 saturated heterocycles. The van der Waals surface area contributed by atoms with Crippen LogP contribution in [0, 0.1) is 0 Å². The Balaban J connectivity index is 2.18. The lowest BCUT2D eigenvalue weighted by Gasteiger charge is -2.22. The van der Waals surface area contributed by atoms with Gasteiger partial charge in [-0.15, -0.1) is 0 Å². The second-order valence-electron chi connectivity index (χ2n) is 4.03. The van der Waals surface area contributed by atoms with Gasteiger partial charge in [-0.3, -0.25) is 0 Å². The topological polar surface area (TPSA) is 0 Å². The maximum Gasteiger partial charge on any atom is 0.0527 e. The van der Waals surface area contributed by atoms with E-state index in [1.165, 1.54) is 22.0 Å². The number of halogens is 2. The first-order valence-corrected chi connectivity index (χ1v) is 6.58. The minimum absolute atomic E-state index is 0.474. The highest BCUT2D eigenvalue weighted by Gasteiger charge is 2.38. The van der Waals surface area contributed by atoms with E-state index in [-0.39, 0.29) is 0 Å². The van der Waals surface area contributed by atoms with Gasteiger partial charge < -0.3 is 0 Å². The number of hydrogen-bond acceptors (Lipinski definition) is 0. The second kappa shape index (κ2) is 3.21. The van der Waals surface area contributed by atoms with Crippen molar-refractivity contribution in [3.05, 3.63) is 46.0 Å². The molecule has 2 aliphatic rings. The normalized spacial score (nSPS) is 33.9. The molecule has 0 nitrogen and oxygen atoms in total. The van der Waals surface area contributed by atoms with E-state index in [1.54, 1.807) is 0 Å². The fraction of sp³-hybridized carbons (Fsp3) is 0.333. The molecule has 2 aliphatic carbocycles. The fourth-order valence-corrected chi connectivity index (χ4v) is 3.92. The molecule has 0 amide bonds. The lowest BCUT2D eigenvalue weighted by Crippen LogP contribution is -2.13. The summed E-state index contributed by atoms with van der Waals surface area (Å²) in [6.07, 6.45) is 3.62. The number of hydrogen-bond donors (Lipinski definition) is 0. The van der Waals surface area contributed by atoms with Gasteiger partial charge in [-0.25, -0.2) is 0 Å². The lowest BCUT2D eigenvalue weighted by atomic mass is 9.93. The smallest absolute Gasteiger partial charge is 0.0527 e. The molecule has 3 atom stereocenters. The lowest BCUT2D eigenvalue weighted by molar-refractivity contribution is 0.638. The number of allylic oxidation sites excluding steroid dienone is 2. The highest BCUT2D eigenvalue weighted by atomic mass is 79.9. The van der Waals surface area contributed by atoms with Gasteiger partial charge in [0.2, 0.25) is 0 Å². The Hall–Kier alpha value is -0.0800. The largest absolute Gasteiger partial charge is 0.0826 e. The summed E-state index contributed by atoms with van der Waals surface area (Å²) in [6, 6.07) is 8.83. The van der Waals surface area contributed by atoms with E-state index in [4.69, 9.17) is 0 Å². The average Bonchev–Trinajstić information content (AvgIpc) is 2.52. The number of rotatable bonds is 0. The molecule has 1 aromatic rings. The molecule has 2 bridgehead atoms. The van der Waals surface area contributed by atoms with Gasteiger partial charge in [0.1, 0.15) is 0 Å². The molecule has 72 valence electrons. The SMILES string of the molecule is BrC1=C[C@H]2C[C@H](c3ccccc32)[C@H]1Br. The van der Waals surface area contributed by atoms with Crippen LogP contribution in [0.15, 0.2) is 34.8 Å². The second-order valence-corrected chi connectivity index (χ2v) is 5.93. The van der Waals surface area contributed by atoms with Crippen LogP contribution in [0.2, 0.25) is 0 Å². The minimum atomic E-state index is 0.474. The van der Waals surface area contributed by atoms with Gasteiger partial charge in [-0.1, -0.05) is 62.2 Å². The van der Waals surface area contributed by atoms with Crippen LogP contribution in [0.1, 0.15) is 29.4 Å². The first-order chi connectivity index (χ1) is 6.77. The zero-order chi connectivity index (χ0) is 9.71. The highest BCUT2D eigenvalue weighted by molar-refractivity contribution is 9.14. The van der Waals surface area contributed by atoms with Crippen LogP contribution in [-0.4, -0.2) is 4.83 Å². The number of benzene rings is 1. The summed E-state index contributed by atoms with van der Waals surface area (Å²) in [7, 11) is 0. The standard InChI is InChI=1S/C12H10Br2/c13-11-6-7-5-10(12(11)14)9-4-2-1-3-8(7)9/h1-4,6-7,10,12H,5H2/t7-,10-,12-/m1/s1. The molecule has 0 fully saturated rings. The summed E-state index contributed by atoms with van der Waals surface area (Å²) in [4.78, 5) is 0.474. The van der Waals surface area contributed by atoms with Crippen molar-refractivity contribution < 1.29 is 0 Å². The van der Waals surface area contributed by atoms with Crippen molar-refractivity contribution in [2.24, 2.45) is 0 Å². The van der Waals surface area contributed by atoms with E-state index < -0.39 is 0 Å². The fourth-order valence-electron chi connectivity index (χ4n) is 2.63. The molecular formula is C12H10Br2. The van der Waals surface area contributed by atoms with Crippen molar-refractivity contribution in [2.75, 3.05) is 0 Å². The van der Waals surface area contributed by atoms with E-state index in [1.807, 2.05) is 0 Å². The molecule has 0 unspecified atom stereocenters. The third-order valence-electron chi connectivity index (χ3n) is 3.28. The zero-order valence-electron chi connectivity index (χ0n) is 7.58. The van der Waals surface area contributed by atoms with Gasteiger partial charge in [0, 0.05) is 16.3 Å². The highest BCUT2D eigenvalue weighted by Crippen LogP contribution is 2.52. The molecule has 1 aromatic carbocycles. The predicted molar refractivity (Wildman–Crippen MR) is 66.3 cm³/mol. The third-order valence-corrected chi connectivity index (χ3v) is 5.78. The van der Waals surface area contributed by atoms with E-state index in [2.05, 4.69) is 62.2 Å². The molecule has 0 spiro atoms.